The van der Waals surface area contributed by atoms with Crippen LogP contribution in [0.1, 0.15) is 43.0 Å². The van der Waals surface area contributed by atoms with E-state index in [0.717, 1.165) is 30.0 Å². The van der Waals surface area contributed by atoms with Gasteiger partial charge >= 0.3 is 0 Å². The number of sulfonamides is 1. The first-order valence-electron chi connectivity index (χ1n) is 10.3. The number of nitrogens with zero attached hydrogens (tertiary/aromatic N) is 2. The molecule has 1 fully saturated rings. The maximum absolute atomic E-state index is 13.6. The maximum atomic E-state index is 13.6. The van der Waals surface area contributed by atoms with Crippen molar-refractivity contribution in [2.45, 2.75) is 43.5 Å². The van der Waals surface area contributed by atoms with Crippen molar-refractivity contribution in [2.24, 2.45) is 0 Å². The molecule has 1 amide bonds. The standard InChI is InChI=1S/C23H26Cl2N2O3S/c1-3-14-27(21-11-6-5-10-19(21)24)31(29,30)22-16-17(12-13-20(22)25)23(28)26-15-8-7-9-18(26)4-2/h3,5-6,10-13,16,18H,1,4,7-9,14-15H2,2H3. The molecule has 0 N–H and O–H groups in total. The normalized spacial score (nSPS) is 16.7. The number of piperidine rings is 1. The number of amides is 1. The second-order valence-electron chi connectivity index (χ2n) is 7.48. The van der Waals surface area contributed by atoms with Crippen LogP contribution in [0.2, 0.25) is 10.0 Å². The lowest BCUT2D eigenvalue weighted by atomic mass is 9.99. The molecule has 5 nitrogen and oxygen atoms in total. The molecule has 0 aliphatic carbocycles. The number of anilines is 1. The Morgan fingerprint density at radius 2 is 1.94 bits per heavy atom. The Hall–Kier alpha value is -2.02. The number of rotatable bonds is 7. The Labute approximate surface area is 194 Å². The van der Waals surface area contributed by atoms with Crippen LogP contribution in [0.25, 0.3) is 0 Å². The van der Waals surface area contributed by atoms with E-state index in [9.17, 15) is 13.2 Å². The molecule has 1 unspecified atom stereocenters. The summed E-state index contributed by atoms with van der Waals surface area (Å²) in [5.74, 6) is -0.173. The third-order valence-corrected chi connectivity index (χ3v) is 8.10. The summed E-state index contributed by atoms with van der Waals surface area (Å²) in [4.78, 5) is 14.9. The minimum atomic E-state index is -4.10. The molecule has 0 bridgehead atoms. The van der Waals surface area contributed by atoms with Crippen LogP contribution in [-0.4, -0.2) is 38.4 Å². The molecule has 0 radical (unpaired) electrons. The average Bonchev–Trinajstić information content (AvgIpc) is 2.77. The second-order valence-corrected chi connectivity index (χ2v) is 10.1. The molecular weight excluding hydrogens is 455 g/mol. The monoisotopic (exact) mass is 480 g/mol. The summed E-state index contributed by atoms with van der Waals surface area (Å²) < 4.78 is 28.3. The van der Waals surface area contributed by atoms with E-state index in [1.165, 1.54) is 18.2 Å². The van der Waals surface area contributed by atoms with Gasteiger partial charge in [0.25, 0.3) is 15.9 Å². The van der Waals surface area contributed by atoms with Gasteiger partial charge in [0.1, 0.15) is 4.90 Å². The molecule has 1 atom stereocenters. The molecule has 3 rings (SSSR count). The predicted octanol–water partition coefficient (Wildman–Crippen LogP) is 5.78. The fourth-order valence-corrected chi connectivity index (χ4v) is 6.15. The zero-order valence-electron chi connectivity index (χ0n) is 17.4. The molecule has 166 valence electrons. The number of carbonyl (C=O) groups excluding carboxylic acids is 1. The lowest BCUT2D eigenvalue weighted by Crippen LogP contribution is -2.43. The second kappa shape index (κ2) is 10.1. The molecule has 0 saturated carbocycles. The van der Waals surface area contributed by atoms with Crippen molar-refractivity contribution in [3.8, 4) is 0 Å². The largest absolute Gasteiger partial charge is 0.336 e. The molecule has 1 aliphatic heterocycles. The summed E-state index contributed by atoms with van der Waals surface area (Å²) in [6, 6.07) is 11.2. The van der Waals surface area contributed by atoms with E-state index in [2.05, 4.69) is 13.5 Å². The van der Waals surface area contributed by atoms with Gasteiger partial charge in [0.2, 0.25) is 0 Å². The predicted molar refractivity (Wildman–Crippen MR) is 127 cm³/mol. The van der Waals surface area contributed by atoms with Crippen molar-refractivity contribution >= 4 is 44.8 Å². The first-order valence-corrected chi connectivity index (χ1v) is 12.5. The van der Waals surface area contributed by atoms with Crippen LogP contribution in [0, 0.1) is 0 Å². The highest BCUT2D eigenvalue weighted by Crippen LogP contribution is 2.34. The first-order chi connectivity index (χ1) is 14.8. The molecule has 2 aromatic rings. The highest BCUT2D eigenvalue weighted by molar-refractivity contribution is 7.93. The Morgan fingerprint density at radius 1 is 1.19 bits per heavy atom. The molecule has 1 aliphatic rings. The van der Waals surface area contributed by atoms with Crippen molar-refractivity contribution in [1.82, 2.24) is 4.90 Å². The van der Waals surface area contributed by atoms with E-state index in [1.807, 2.05) is 4.90 Å². The Balaban J connectivity index is 2.04. The van der Waals surface area contributed by atoms with Crippen LogP contribution in [0.4, 0.5) is 5.69 Å². The van der Waals surface area contributed by atoms with E-state index in [-0.39, 0.29) is 33.4 Å². The third kappa shape index (κ3) is 4.92. The van der Waals surface area contributed by atoms with Gasteiger partial charge in [0, 0.05) is 18.2 Å². The van der Waals surface area contributed by atoms with Crippen molar-refractivity contribution in [1.29, 1.82) is 0 Å². The van der Waals surface area contributed by atoms with Crippen LogP contribution in [-0.2, 0) is 10.0 Å². The number of para-hydroxylation sites is 1. The smallest absolute Gasteiger partial charge is 0.266 e. The minimum Gasteiger partial charge on any atom is -0.336 e. The molecule has 0 spiro atoms. The van der Waals surface area contributed by atoms with Gasteiger partial charge in [-0.1, -0.05) is 48.3 Å². The van der Waals surface area contributed by atoms with Gasteiger partial charge in [0.05, 0.1) is 22.3 Å². The average molecular weight is 481 g/mol. The van der Waals surface area contributed by atoms with Gasteiger partial charge < -0.3 is 4.90 Å². The van der Waals surface area contributed by atoms with Crippen molar-refractivity contribution in [2.75, 3.05) is 17.4 Å². The van der Waals surface area contributed by atoms with Crippen molar-refractivity contribution < 1.29 is 13.2 Å². The number of benzene rings is 2. The number of halogens is 2. The van der Waals surface area contributed by atoms with Gasteiger partial charge in [0.15, 0.2) is 0 Å². The summed E-state index contributed by atoms with van der Waals surface area (Å²) >= 11 is 12.6. The van der Waals surface area contributed by atoms with Crippen LogP contribution in [0.5, 0.6) is 0 Å². The summed E-state index contributed by atoms with van der Waals surface area (Å²) in [5.41, 5.74) is 0.625. The Kier molecular flexibility index (Phi) is 7.68. The molecule has 1 heterocycles. The zero-order valence-corrected chi connectivity index (χ0v) is 19.8. The maximum Gasteiger partial charge on any atom is 0.266 e. The van der Waals surface area contributed by atoms with Gasteiger partial charge in [-0.25, -0.2) is 8.42 Å². The highest BCUT2D eigenvalue weighted by Gasteiger charge is 2.31. The number of hydrogen-bond donors (Lipinski definition) is 0. The van der Waals surface area contributed by atoms with Crippen LogP contribution in [0.15, 0.2) is 60.0 Å². The summed E-state index contributed by atoms with van der Waals surface area (Å²) in [5, 5.41) is 0.332. The molecule has 1 saturated heterocycles. The summed E-state index contributed by atoms with van der Waals surface area (Å²) in [6.07, 6.45) is 5.34. The lowest BCUT2D eigenvalue weighted by Gasteiger charge is -2.35. The summed E-state index contributed by atoms with van der Waals surface area (Å²) in [7, 11) is -4.10. The van der Waals surface area contributed by atoms with E-state index < -0.39 is 10.0 Å². The number of hydrogen-bond acceptors (Lipinski definition) is 3. The lowest BCUT2D eigenvalue weighted by molar-refractivity contribution is 0.0608. The van der Waals surface area contributed by atoms with Gasteiger partial charge in [-0.3, -0.25) is 9.10 Å². The topological polar surface area (TPSA) is 57.7 Å². The van der Waals surface area contributed by atoms with Crippen molar-refractivity contribution in [3.63, 3.8) is 0 Å². The van der Waals surface area contributed by atoms with Gasteiger partial charge in [-0.15, -0.1) is 6.58 Å². The number of likely N-dealkylation sites (tertiary alicyclic amines) is 1. The minimum absolute atomic E-state index is 0.00457. The van der Waals surface area contributed by atoms with Crippen LogP contribution < -0.4 is 4.31 Å². The Morgan fingerprint density at radius 3 is 2.61 bits per heavy atom. The molecule has 8 heteroatoms. The van der Waals surface area contributed by atoms with E-state index in [4.69, 9.17) is 23.2 Å². The summed E-state index contributed by atoms with van der Waals surface area (Å²) in [6.45, 7) is 6.40. The van der Waals surface area contributed by atoms with Gasteiger partial charge in [-0.05, 0) is 56.0 Å². The SMILES string of the molecule is C=CCN(c1ccccc1Cl)S(=O)(=O)c1cc(C(=O)N2CCCCC2CC)ccc1Cl. The van der Waals surface area contributed by atoms with E-state index in [0.29, 0.717) is 17.8 Å². The number of carbonyl (C=O) groups is 1. The third-order valence-electron chi connectivity index (χ3n) is 5.52. The quantitative estimate of drug-likeness (QED) is 0.471. The first kappa shape index (κ1) is 23.6. The van der Waals surface area contributed by atoms with Crippen LogP contribution in [0.3, 0.4) is 0 Å². The van der Waals surface area contributed by atoms with E-state index in [1.54, 1.807) is 30.3 Å². The van der Waals surface area contributed by atoms with Crippen molar-refractivity contribution in [3.05, 3.63) is 70.7 Å². The molecule has 2 aromatic carbocycles. The highest BCUT2D eigenvalue weighted by atomic mass is 35.5. The Bertz CT molecular complexity index is 1070. The molecule has 31 heavy (non-hydrogen) atoms. The fraction of sp³-hybridized carbons (Fsp3) is 0.348. The molecular formula is C23H26Cl2N2O3S. The molecule has 0 aromatic heterocycles. The van der Waals surface area contributed by atoms with Gasteiger partial charge in [-0.2, -0.15) is 0 Å². The fourth-order valence-electron chi connectivity index (χ4n) is 3.91. The van der Waals surface area contributed by atoms with E-state index >= 15 is 0 Å². The van der Waals surface area contributed by atoms with Crippen LogP contribution >= 0.6 is 23.2 Å². The zero-order chi connectivity index (χ0) is 22.6.